The van der Waals surface area contributed by atoms with Crippen molar-refractivity contribution in [3.8, 4) is 11.6 Å². The first-order chi connectivity index (χ1) is 25.7. The molecule has 0 spiro atoms. The van der Waals surface area contributed by atoms with E-state index < -0.39 is 11.9 Å². The number of carbonyl (C=O) groups excluding carboxylic acids is 4. The van der Waals surface area contributed by atoms with Crippen molar-refractivity contribution in [3.63, 3.8) is 0 Å². The van der Waals surface area contributed by atoms with Gasteiger partial charge in [-0.3, -0.25) is 23.9 Å². The third-order valence-electron chi connectivity index (χ3n) is 8.99. The number of nitrogens with two attached hydrogens (primary N) is 1. The molecule has 3 atom stereocenters. The summed E-state index contributed by atoms with van der Waals surface area (Å²) in [6.07, 6.45) is 14.5. The second-order valence-corrected chi connectivity index (χ2v) is 15.8. The number of primary amides is 1. The number of unbranched alkanes of at least 4 members (excludes halogenated alkanes) is 3. The summed E-state index contributed by atoms with van der Waals surface area (Å²) in [6.45, 7) is 11.2. The molecular weight excluding hydrogens is 776 g/mol. The molecule has 54 heavy (non-hydrogen) atoms. The van der Waals surface area contributed by atoms with Crippen LogP contribution in [0.3, 0.4) is 0 Å². The lowest BCUT2D eigenvalue weighted by molar-refractivity contribution is -0.136. The number of aromatic nitrogens is 1. The number of benzene rings is 1. The second kappa shape index (κ2) is 23.3. The molecule has 13 nitrogen and oxygen atoms in total. The number of likely N-dealkylation sites (tertiary alicyclic amines) is 1. The zero-order valence-electron chi connectivity index (χ0n) is 33.2. The summed E-state index contributed by atoms with van der Waals surface area (Å²) < 4.78 is 14.6. The van der Waals surface area contributed by atoms with Gasteiger partial charge in [0.25, 0.3) is 0 Å². The molecule has 3 aliphatic rings. The van der Waals surface area contributed by atoms with E-state index in [9.17, 15) is 24.0 Å². The van der Waals surface area contributed by atoms with Crippen molar-refractivity contribution in [3.05, 3.63) is 45.0 Å². The standard InChI is InChI=1S/C15H25NOS.C12H12BrNO3.C10H18N4O3.C2H6/c1-3-4-5-6-7-8-12-11-13(12)14(17)16-18-15(2)9-10-15;1-3-17-10-6-8(15)7-4-5-9(16-2)11(13)12(7)14-10;1-13(2)10(17)12-6-8(15)14-5-3-4-7(14)9(11)16;1-2/h7-8,12-13H,3-6,9-11H2,1-2H3,(H,16,17);4-6H,3H2,1-2H3,(H,14,15);7H,3-6H2,1-2H3,(H2,11,16)(H,12,17);1-2H3/b8-7-;;;. The van der Waals surface area contributed by atoms with E-state index in [0.29, 0.717) is 52.8 Å². The van der Waals surface area contributed by atoms with E-state index in [0.717, 1.165) is 17.3 Å². The van der Waals surface area contributed by atoms with Crippen molar-refractivity contribution in [2.24, 2.45) is 17.6 Å². The Hall–Kier alpha value is -3.72. The molecular formula is C39H61BrN6O7S. The molecule has 2 saturated carbocycles. The average Bonchev–Trinajstić information content (AvgIpc) is 4.05. The molecule has 5 N–H and O–H groups in total. The first kappa shape index (κ1) is 46.4. The number of aromatic amines is 1. The van der Waals surface area contributed by atoms with Gasteiger partial charge in [-0.25, -0.2) is 4.79 Å². The molecule has 3 unspecified atom stereocenters. The van der Waals surface area contributed by atoms with E-state index in [1.54, 1.807) is 45.3 Å². The van der Waals surface area contributed by atoms with Crippen LogP contribution in [-0.2, 0) is 14.4 Å². The van der Waals surface area contributed by atoms with Gasteiger partial charge in [0.1, 0.15) is 11.8 Å². The van der Waals surface area contributed by atoms with Gasteiger partial charge in [-0.1, -0.05) is 45.8 Å². The third-order valence-corrected chi connectivity index (χ3v) is 11.0. The average molecular weight is 838 g/mol. The van der Waals surface area contributed by atoms with Gasteiger partial charge in [-0.15, -0.1) is 0 Å². The number of fused-ring (bicyclic) bond motifs is 1. The van der Waals surface area contributed by atoms with Gasteiger partial charge >= 0.3 is 6.03 Å². The second-order valence-electron chi connectivity index (χ2n) is 13.6. The summed E-state index contributed by atoms with van der Waals surface area (Å²) in [6, 6.07) is 4.06. The van der Waals surface area contributed by atoms with Gasteiger partial charge < -0.3 is 35.3 Å². The lowest BCUT2D eigenvalue weighted by Gasteiger charge is -2.22. The molecule has 2 aliphatic carbocycles. The zero-order valence-corrected chi connectivity index (χ0v) is 35.6. The number of allylic oxidation sites excluding steroid dienone is 2. The van der Waals surface area contributed by atoms with E-state index in [-0.39, 0.29) is 35.7 Å². The number of pyridine rings is 1. The molecule has 1 aromatic carbocycles. The fraction of sp³-hybridized carbons (Fsp3) is 0.615. The Kier molecular flexibility index (Phi) is 20.0. The van der Waals surface area contributed by atoms with Crippen molar-refractivity contribution in [1.29, 1.82) is 0 Å². The number of nitrogens with one attached hydrogen (secondary N) is 3. The molecule has 3 fully saturated rings. The number of hydrogen-bond acceptors (Lipinski definition) is 8. The maximum absolute atomic E-state index is 11.9. The number of amides is 5. The number of nitrogens with zero attached hydrogens (tertiary/aromatic N) is 2. The number of H-pyrrole nitrogens is 1. The quantitative estimate of drug-likeness (QED) is 0.0943. The first-order valence-electron chi connectivity index (χ1n) is 19.0. The van der Waals surface area contributed by atoms with Crippen LogP contribution in [-0.4, -0.2) is 90.2 Å². The Bertz CT molecular complexity index is 1630. The highest BCUT2D eigenvalue weighted by molar-refractivity contribution is 9.10. The molecule has 0 radical (unpaired) electrons. The zero-order chi connectivity index (χ0) is 40.4. The minimum atomic E-state index is -0.529. The molecule has 15 heteroatoms. The van der Waals surface area contributed by atoms with Gasteiger partial charge in [0.2, 0.25) is 17.7 Å². The van der Waals surface area contributed by atoms with Crippen LogP contribution in [0, 0.1) is 11.8 Å². The van der Waals surface area contributed by atoms with Crippen LogP contribution in [0.4, 0.5) is 4.79 Å². The smallest absolute Gasteiger partial charge is 0.317 e. The lowest BCUT2D eigenvalue weighted by Crippen LogP contribution is -2.48. The molecule has 5 amide bonds. The number of rotatable bonds is 14. The van der Waals surface area contributed by atoms with Gasteiger partial charge in [-0.05, 0) is 105 Å². The molecule has 2 heterocycles. The highest BCUT2D eigenvalue weighted by Gasteiger charge is 2.44. The summed E-state index contributed by atoms with van der Waals surface area (Å²) in [5, 5.41) is 3.06. The van der Waals surface area contributed by atoms with Gasteiger partial charge in [0.15, 0.2) is 11.3 Å². The molecule has 1 aliphatic heterocycles. The summed E-state index contributed by atoms with van der Waals surface area (Å²) in [5.41, 5.74) is 5.80. The van der Waals surface area contributed by atoms with Crippen LogP contribution >= 0.6 is 27.9 Å². The Morgan fingerprint density at radius 1 is 1.17 bits per heavy atom. The van der Waals surface area contributed by atoms with Gasteiger partial charge in [0.05, 0.1) is 30.3 Å². The van der Waals surface area contributed by atoms with E-state index in [4.69, 9.17) is 15.2 Å². The van der Waals surface area contributed by atoms with Crippen molar-refractivity contribution in [1.82, 2.24) is 24.8 Å². The van der Waals surface area contributed by atoms with Gasteiger partial charge in [0, 0.05) is 42.8 Å². The van der Waals surface area contributed by atoms with Crippen LogP contribution in [0.15, 0.2) is 39.6 Å². The van der Waals surface area contributed by atoms with Crippen molar-refractivity contribution < 1.29 is 28.7 Å². The topological polar surface area (TPSA) is 176 Å². The first-order valence-corrected chi connectivity index (χ1v) is 20.6. The maximum Gasteiger partial charge on any atom is 0.317 e. The summed E-state index contributed by atoms with van der Waals surface area (Å²) >= 11 is 5.05. The fourth-order valence-corrected chi connectivity index (χ4v) is 6.85. The van der Waals surface area contributed by atoms with E-state index in [1.807, 2.05) is 20.8 Å². The minimum absolute atomic E-state index is 0.0782. The summed E-state index contributed by atoms with van der Waals surface area (Å²) in [4.78, 5) is 63.6. The molecule has 5 rings (SSSR count). The third kappa shape index (κ3) is 14.8. The number of halogens is 1. The Balaban J connectivity index is 0.000000274. The van der Waals surface area contributed by atoms with Crippen LogP contribution < -0.4 is 30.7 Å². The molecule has 1 aromatic heterocycles. The minimum Gasteiger partial charge on any atom is -0.495 e. The predicted molar refractivity (Wildman–Crippen MR) is 221 cm³/mol. The maximum atomic E-state index is 11.9. The number of methoxy groups -OCH3 is 1. The summed E-state index contributed by atoms with van der Waals surface area (Å²) in [7, 11) is 4.75. The highest BCUT2D eigenvalue weighted by Crippen LogP contribution is 2.47. The molecule has 0 bridgehead atoms. The number of ether oxygens (including phenoxy) is 2. The van der Waals surface area contributed by atoms with E-state index >= 15 is 0 Å². The van der Waals surface area contributed by atoms with E-state index in [1.165, 1.54) is 54.4 Å². The predicted octanol–water partition coefficient (Wildman–Crippen LogP) is 6.53. The monoisotopic (exact) mass is 836 g/mol. The Morgan fingerprint density at radius 3 is 2.46 bits per heavy atom. The van der Waals surface area contributed by atoms with Crippen LogP contribution in [0.25, 0.3) is 10.9 Å². The van der Waals surface area contributed by atoms with Crippen molar-refractivity contribution >= 4 is 62.5 Å². The molecule has 2 aromatic rings. The van der Waals surface area contributed by atoms with Crippen LogP contribution in [0.1, 0.15) is 92.4 Å². The number of urea groups is 1. The van der Waals surface area contributed by atoms with Crippen LogP contribution in [0.5, 0.6) is 11.6 Å². The molecule has 1 saturated heterocycles. The van der Waals surface area contributed by atoms with Crippen LogP contribution in [0.2, 0.25) is 0 Å². The Labute approximate surface area is 333 Å². The largest absolute Gasteiger partial charge is 0.495 e. The Morgan fingerprint density at radius 2 is 1.87 bits per heavy atom. The van der Waals surface area contributed by atoms with Crippen molar-refractivity contribution in [2.45, 2.75) is 103 Å². The normalized spacial score (nSPS) is 18.8. The lowest BCUT2D eigenvalue weighted by atomic mass is 10.2. The highest BCUT2D eigenvalue weighted by atomic mass is 79.9. The number of carbonyl (C=O) groups is 4. The van der Waals surface area contributed by atoms with E-state index in [2.05, 4.69) is 57.0 Å². The number of hydrogen-bond donors (Lipinski definition) is 4. The van der Waals surface area contributed by atoms with Crippen molar-refractivity contribution in [2.75, 3.05) is 40.9 Å². The van der Waals surface area contributed by atoms with Gasteiger partial charge in [-0.2, -0.15) is 0 Å². The SMILES string of the molecule is CC.CCCCC/C=C\C1CC1C(=O)NSC1(C)CC1.CCOc1cc(=O)c2ccc(OC)c(Br)c2[nH]1.CN(C)C(=O)NCC(=O)N1CCCC1C(N)=O. The molecule has 302 valence electrons. The fourth-order valence-electron chi connectivity index (χ4n) is 5.44. The summed E-state index contributed by atoms with van der Waals surface area (Å²) in [5.74, 6) is 1.37.